The normalized spacial score (nSPS) is 12.9. The lowest BCUT2D eigenvalue weighted by molar-refractivity contribution is 0.0683. The number of benzene rings is 1. The van der Waals surface area contributed by atoms with Crippen LogP contribution < -0.4 is 4.87 Å². The van der Waals surface area contributed by atoms with Gasteiger partial charge in [-0.1, -0.05) is 28.6 Å². The molecule has 3 rings (SSSR count). The maximum Gasteiger partial charge on any atom is 0.308 e. The fraction of sp³-hybridized carbons (Fsp3) is 0.357. The average Bonchev–Trinajstić information content (AvgIpc) is 3.05. The van der Waals surface area contributed by atoms with Crippen molar-refractivity contribution in [2.45, 2.75) is 26.5 Å². The molecule has 0 spiro atoms. The number of thiazole rings is 1. The van der Waals surface area contributed by atoms with Crippen LogP contribution in [0.2, 0.25) is 0 Å². The van der Waals surface area contributed by atoms with Gasteiger partial charge in [-0.15, -0.1) is 0 Å². The molecule has 2 heterocycles. The molecule has 0 saturated heterocycles. The molecule has 0 aliphatic carbocycles. The fourth-order valence-corrected chi connectivity index (χ4v) is 3.01. The Morgan fingerprint density at radius 3 is 3.05 bits per heavy atom. The van der Waals surface area contributed by atoms with Crippen LogP contribution in [-0.4, -0.2) is 21.3 Å². The van der Waals surface area contributed by atoms with Crippen molar-refractivity contribution in [1.82, 2.24) is 14.7 Å². The van der Waals surface area contributed by atoms with Crippen molar-refractivity contribution in [3.8, 4) is 0 Å². The average molecular weight is 305 g/mol. The van der Waals surface area contributed by atoms with Crippen molar-refractivity contribution >= 4 is 21.6 Å². The summed E-state index contributed by atoms with van der Waals surface area (Å²) in [4.78, 5) is 16.3. The summed E-state index contributed by atoms with van der Waals surface area (Å²) < 4.78 is 13.2. The Morgan fingerprint density at radius 2 is 2.24 bits per heavy atom. The highest BCUT2D eigenvalue weighted by Crippen LogP contribution is 2.18. The third kappa shape index (κ3) is 2.74. The predicted octanol–water partition coefficient (Wildman–Crippen LogP) is 2.59. The van der Waals surface area contributed by atoms with Crippen molar-refractivity contribution in [3.63, 3.8) is 0 Å². The van der Waals surface area contributed by atoms with Crippen LogP contribution in [0.4, 0.5) is 0 Å². The molecule has 0 saturated carbocycles. The monoisotopic (exact) mass is 305 g/mol. The van der Waals surface area contributed by atoms with E-state index in [1.807, 2.05) is 38.1 Å². The lowest BCUT2D eigenvalue weighted by Crippen LogP contribution is -2.13. The molecule has 0 aliphatic heterocycles. The minimum Gasteiger partial charge on any atom is -0.371 e. The first-order chi connectivity index (χ1) is 10.2. The van der Waals surface area contributed by atoms with Crippen LogP contribution in [0.25, 0.3) is 10.2 Å². The summed E-state index contributed by atoms with van der Waals surface area (Å²) in [5, 5.41) is 3.90. The van der Waals surface area contributed by atoms with E-state index in [9.17, 15) is 4.79 Å². The van der Waals surface area contributed by atoms with Crippen molar-refractivity contribution in [3.05, 3.63) is 45.6 Å². The van der Waals surface area contributed by atoms with Crippen LogP contribution in [0.1, 0.15) is 31.7 Å². The third-order valence-corrected chi connectivity index (χ3v) is 4.09. The van der Waals surface area contributed by atoms with E-state index in [-0.39, 0.29) is 17.5 Å². The van der Waals surface area contributed by atoms with Gasteiger partial charge in [0.05, 0.1) is 10.2 Å². The predicted molar refractivity (Wildman–Crippen MR) is 79.5 cm³/mol. The van der Waals surface area contributed by atoms with Gasteiger partial charge in [0.25, 0.3) is 0 Å². The molecule has 110 valence electrons. The summed E-state index contributed by atoms with van der Waals surface area (Å²) in [7, 11) is 0. The minimum atomic E-state index is -0.219. The van der Waals surface area contributed by atoms with Crippen LogP contribution in [0, 0.1) is 0 Å². The van der Waals surface area contributed by atoms with Crippen LogP contribution in [0.3, 0.4) is 0 Å². The Balaban J connectivity index is 1.89. The highest BCUT2D eigenvalue weighted by atomic mass is 32.1. The molecule has 1 aromatic carbocycles. The fourth-order valence-electron chi connectivity index (χ4n) is 2.12. The van der Waals surface area contributed by atoms with Crippen LogP contribution in [0.5, 0.6) is 0 Å². The summed E-state index contributed by atoms with van der Waals surface area (Å²) in [5.74, 6) is 0.904. The number of ether oxygens (including phenoxy) is 1. The van der Waals surface area contributed by atoms with E-state index < -0.39 is 0 Å². The summed E-state index contributed by atoms with van der Waals surface area (Å²) in [6, 6.07) is 7.65. The van der Waals surface area contributed by atoms with Gasteiger partial charge in [-0.05, 0) is 26.0 Å². The summed E-state index contributed by atoms with van der Waals surface area (Å²) >= 11 is 1.21. The minimum absolute atomic E-state index is 0.0335. The zero-order valence-electron chi connectivity index (χ0n) is 11.8. The van der Waals surface area contributed by atoms with Crippen molar-refractivity contribution in [1.29, 1.82) is 0 Å². The van der Waals surface area contributed by atoms with Crippen LogP contribution in [-0.2, 0) is 11.3 Å². The van der Waals surface area contributed by atoms with Crippen molar-refractivity contribution < 1.29 is 9.26 Å². The zero-order valence-corrected chi connectivity index (χ0v) is 12.6. The van der Waals surface area contributed by atoms with Crippen LogP contribution >= 0.6 is 11.3 Å². The number of hydrogen-bond acceptors (Lipinski definition) is 6. The molecular weight excluding hydrogens is 290 g/mol. The first-order valence-electron chi connectivity index (χ1n) is 6.71. The van der Waals surface area contributed by atoms with Gasteiger partial charge in [-0.3, -0.25) is 9.36 Å². The maximum atomic E-state index is 12.1. The summed E-state index contributed by atoms with van der Waals surface area (Å²) in [5.41, 5.74) is 0.880. The molecule has 0 fully saturated rings. The molecule has 0 unspecified atom stereocenters. The van der Waals surface area contributed by atoms with Crippen LogP contribution in [0.15, 0.2) is 33.6 Å². The molecule has 6 nitrogen and oxygen atoms in total. The van der Waals surface area contributed by atoms with Crippen molar-refractivity contribution in [2.24, 2.45) is 0 Å². The molecule has 0 aliphatic rings. The van der Waals surface area contributed by atoms with E-state index >= 15 is 0 Å². The maximum absolute atomic E-state index is 12.1. The SMILES string of the molecule is CCO[C@H](C)c1noc(Cn2c(=O)sc3ccccc32)n1. The summed E-state index contributed by atoms with van der Waals surface area (Å²) in [6.45, 7) is 4.63. The van der Waals surface area contributed by atoms with Gasteiger partial charge in [-0.2, -0.15) is 4.98 Å². The standard InChI is InChI=1S/C14H15N3O3S/c1-3-19-9(2)13-15-12(20-16-13)8-17-10-6-4-5-7-11(10)21-14(17)18/h4-7,9H,3,8H2,1-2H3/t9-/m1/s1. The quantitative estimate of drug-likeness (QED) is 0.724. The number of para-hydroxylation sites is 1. The number of rotatable bonds is 5. The van der Waals surface area contributed by atoms with Gasteiger partial charge in [0, 0.05) is 6.61 Å². The number of nitrogens with zero attached hydrogens (tertiary/aromatic N) is 3. The second kappa shape index (κ2) is 5.79. The lowest BCUT2D eigenvalue weighted by Gasteiger charge is -2.04. The first-order valence-corrected chi connectivity index (χ1v) is 7.53. The third-order valence-electron chi connectivity index (χ3n) is 3.13. The number of fused-ring (bicyclic) bond motifs is 1. The smallest absolute Gasteiger partial charge is 0.308 e. The first kappa shape index (κ1) is 14.0. The Morgan fingerprint density at radius 1 is 1.43 bits per heavy atom. The Kier molecular flexibility index (Phi) is 3.85. The van der Waals surface area contributed by atoms with E-state index in [4.69, 9.17) is 9.26 Å². The molecule has 21 heavy (non-hydrogen) atoms. The molecule has 7 heteroatoms. The highest BCUT2D eigenvalue weighted by molar-refractivity contribution is 7.16. The molecule has 3 aromatic rings. The van der Waals surface area contributed by atoms with Gasteiger partial charge >= 0.3 is 4.87 Å². The van der Waals surface area contributed by atoms with E-state index in [0.717, 1.165) is 10.2 Å². The Hall–Kier alpha value is -1.99. The second-order valence-electron chi connectivity index (χ2n) is 4.57. The lowest BCUT2D eigenvalue weighted by atomic mass is 10.3. The van der Waals surface area contributed by atoms with Gasteiger partial charge in [-0.25, -0.2) is 0 Å². The van der Waals surface area contributed by atoms with Gasteiger partial charge in [0.1, 0.15) is 12.6 Å². The van der Waals surface area contributed by atoms with Gasteiger partial charge in [0.2, 0.25) is 5.89 Å². The summed E-state index contributed by atoms with van der Waals surface area (Å²) in [6.07, 6.45) is -0.219. The molecule has 2 aromatic heterocycles. The molecule has 1 atom stereocenters. The van der Waals surface area contributed by atoms with Crippen molar-refractivity contribution in [2.75, 3.05) is 6.61 Å². The van der Waals surface area contributed by atoms with Gasteiger partial charge < -0.3 is 9.26 Å². The Bertz CT molecular complexity index is 805. The largest absolute Gasteiger partial charge is 0.371 e. The molecule has 0 N–H and O–H groups in total. The number of hydrogen-bond donors (Lipinski definition) is 0. The second-order valence-corrected chi connectivity index (χ2v) is 5.56. The molecule has 0 amide bonds. The van der Waals surface area contributed by atoms with E-state index in [2.05, 4.69) is 10.1 Å². The highest BCUT2D eigenvalue weighted by Gasteiger charge is 2.15. The Labute approximate surface area is 125 Å². The zero-order chi connectivity index (χ0) is 14.8. The van der Waals surface area contributed by atoms with E-state index in [1.54, 1.807) is 4.57 Å². The van der Waals surface area contributed by atoms with E-state index in [1.165, 1.54) is 11.3 Å². The molecule has 0 radical (unpaired) electrons. The number of aromatic nitrogens is 3. The van der Waals surface area contributed by atoms with Gasteiger partial charge in [0.15, 0.2) is 5.82 Å². The molecule has 0 bridgehead atoms. The topological polar surface area (TPSA) is 70.2 Å². The van der Waals surface area contributed by atoms with E-state index in [0.29, 0.717) is 18.3 Å². The molecular formula is C14H15N3O3S.